The average molecular weight is 303 g/mol. The van der Waals surface area contributed by atoms with Gasteiger partial charge in [0.2, 0.25) is 11.8 Å². The van der Waals surface area contributed by atoms with Gasteiger partial charge in [0.05, 0.1) is 13.5 Å². The van der Waals surface area contributed by atoms with Crippen LogP contribution in [0.2, 0.25) is 0 Å². The first-order valence-electron chi connectivity index (χ1n) is 6.45. The van der Waals surface area contributed by atoms with E-state index < -0.39 is 11.9 Å². The summed E-state index contributed by atoms with van der Waals surface area (Å²) in [5.41, 5.74) is 4.81. The molecular formula is C12H21N3O4S. The van der Waals surface area contributed by atoms with E-state index in [1.807, 2.05) is 0 Å². The maximum atomic E-state index is 11.4. The first kappa shape index (κ1) is 18.3. The maximum absolute atomic E-state index is 11.4. The number of esters is 1. The first-order chi connectivity index (χ1) is 9.49. The lowest BCUT2D eigenvalue weighted by atomic mass is 10.2. The number of rotatable bonds is 7. The summed E-state index contributed by atoms with van der Waals surface area (Å²) in [6.45, 7) is 2.05. The van der Waals surface area contributed by atoms with E-state index in [4.69, 9.17) is 12.2 Å². The zero-order chi connectivity index (χ0) is 15.4. The quantitative estimate of drug-likeness (QED) is 0.275. The van der Waals surface area contributed by atoms with E-state index in [0.29, 0.717) is 6.42 Å². The standard InChI is InChI=1S/C12H21N3O4S/c1-3-4-5-6-10(17)14-15-12(20)13-9(16)7-8-11(18)19-2/h3-8H2,1-2H3,(H,14,17)(H2,13,15,16,20). The van der Waals surface area contributed by atoms with Gasteiger partial charge in [0.15, 0.2) is 5.11 Å². The summed E-state index contributed by atoms with van der Waals surface area (Å²) in [4.78, 5) is 33.6. The molecule has 0 heterocycles. The molecule has 0 radical (unpaired) electrons. The van der Waals surface area contributed by atoms with E-state index in [1.165, 1.54) is 7.11 Å². The minimum Gasteiger partial charge on any atom is -0.469 e. The van der Waals surface area contributed by atoms with Crippen LogP contribution in [0, 0.1) is 0 Å². The minimum atomic E-state index is -0.469. The molecule has 3 N–H and O–H groups in total. The normalized spacial score (nSPS) is 9.50. The van der Waals surface area contributed by atoms with Gasteiger partial charge in [0.1, 0.15) is 0 Å². The molecule has 0 fully saturated rings. The third kappa shape index (κ3) is 10.2. The van der Waals surface area contributed by atoms with Gasteiger partial charge in [-0.25, -0.2) is 0 Å². The van der Waals surface area contributed by atoms with Crippen molar-refractivity contribution in [3.63, 3.8) is 0 Å². The fourth-order valence-electron chi connectivity index (χ4n) is 1.26. The molecule has 0 aliphatic rings. The average Bonchev–Trinajstić information content (AvgIpc) is 2.42. The summed E-state index contributed by atoms with van der Waals surface area (Å²) < 4.78 is 4.41. The molecule has 20 heavy (non-hydrogen) atoms. The molecule has 0 aliphatic carbocycles. The molecule has 0 aromatic carbocycles. The van der Waals surface area contributed by atoms with Gasteiger partial charge >= 0.3 is 5.97 Å². The Morgan fingerprint density at radius 2 is 1.70 bits per heavy atom. The Kier molecular flexibility index (Phi) is 10.2. The van der Waals surface area contributed by atoms with E-state index >= 15 is 0 Å². The molecule has 0 saturated carbocycles. The van der Waals surface area contributed by atoms with E-state index in [2.05, 4.69) is 27.8 Å². The van der Waals surface area contributed by atoms with Gasteiger partial charge in [0.25, 0.3) is 0 Å². The number of hydrogen-bond donors (Lipinski definition) is 3. The van der Waals surface area contributed by atoms with Crippen LogP contribution < -0.4 is 16.2 Å². The number of unbranched alkanes of at least 4 members (excludes halogenated alkanes) is 2. The molecule has 0 saturated heterocycles. The van der Waals surface area contributed by atoms with Crippen molar-refractivity contribution in [1.29, 1.82) is 0 Å². The maximum Gasteiger partial charge on any atom is 0.306 e. The lowest BCUT2D eigenvalue weighted by molar-refractivity contribution is -0.142. The molecule has 0 aromatic heterocycles. The number of hydrazine groups is 1. The van der Waals surface area contributed by atoms with Crippen molar-refractivity contribution in [2.45, 2.75) is 45.4 Å². The SMILES string of the molecule is CCCCCC(=O)NNC(=S)NC(=O)CCC(=O)OC. The number of hydrogen-bond acceptors (Lipinski definition) is 5. The zero-order valence-electron chi connectivity index (χ0n) is 11.8. The summed E-state index contributed by atoms with van der Waals surface area (Å²) in [5, 5.41) is 2.33. The lowest BCUT2D eigenvalue weighted by Crippen LogP contribution is -2.48. The van der Waals surface area contributed by atoms with Crippen molar-refractivity contribution in [3.8, 4) is 0 Å². The lowest BCUT2D eigenvalue weighted by Gasteiger charge is -2.10. The van der Waals surface area contributed by atoms with Crippen LogP contribution in [0.1, 0.15) is 45.4 Å². The first-order valence-corrected chi connectivity index (χ1v) is 6.85. The van der Waals surface area contributed by atoms with Crippen molar-refractivity contribution in [2.24, 2.45) is 0 Å². The zero-order valence-corrected chi connectivity index (χ0v) is 12.6. The number of nitrogens with one attached hydrogen (secondary N) is 3. The van der Waals surface area contributed by atoms with Gasteiger partial charge in [-0.2, -0.15) is 0 Å². The van der Waals surface area contributed by atoms with Gasteiger partial charge in [0, 0.05) is 12.8 Å². The van der Waals surface area contributed by atoms with Gasteiger partial charge in [-0.05, 0) is 18.6 Å². The predicted molar refractivity (Wildman–Crippen MR) is 77.4 cm³/mol. The molecule has 8 heteroatoms. The number of carbonyl (C=O) groups is 3. The summed E-state index contributed by atoms with van der Waals surface area (Å²) in [5.74, 6) is -1.08. The van der Waals surface area contributed by atoms with Crippen LogP contribution in [0.5, 0.6) is 0 Å². The van der Waals surface area contributed by atoms with E-state index in [0.717, 1.165) is 19.3 Å². The van der Waals surface area contributed by atoms with Gasteiger partial charge in [-0.15, -0.1) is 0 Å². The molecule has 2 amide bonds. The van der Waals surface area contributed by atoms with Gasteiger partial charge < -0.3 is 10.1 Å². The third-order valence-corrected chi connectivity index (χ3v) is 2.56. The highest BCUT2D eigenvalue weighted by Crippen LogP contribution is 1.97. The van der Waals surface area contributed by atoms with E-state index in [1.54, 1.807) is 0 Å². The summed E-state index contributed by atoms with van der Waals surface area (Å²) in [7, 11) is 1.25. The molecule has 0 spiro atoms. The highest BCUT2D eigenvalue weighted by Gasteiger charge is 2.08. The highest BCUT2D eigenvalue weighted by molar-refractivity contribution is 7.80. The number of amides is 2. The van der Waals surface area contributed by atoms with Crippen molar-refractivity contribution in [3.05, 3.63) is 0 Å². The van der Waals surface area contributed by atoms with E-state index in [9.17, 15) is 14.4 Å². The van der Waals surface area contributed by atoms with Crippen LogP contribution in [0.15, 0.2) is 0 Å². The molecule has 0 unspecified atom stereocenters. The summed E-state index contributed by atoms with van der Waals surface area (Å²) in [6.07, 6.45) is 3.19. The van der Waals surface area contributed by atoms with Crippen LogP contribution in [0.3, 0.4) is 0 Å². The van der Waals surface area contributed by atoms with Crippen molar-refractivity contribution >= 4 is 35.1 Å². The van der Waals surface area contributed by atoms with Gasteiger partial charge in [-0.3, -0.25) is 25.2 Å². The number of carbonyl (C=O) groups excluding carboxylic acids is 3. The number of methoxy groups -OCH3 is 1. The van der Waals surface area contributed by atoms with Crippen LogP contribution in [0.25, 0.3) is 0 Å². The summed E-state index contributed by atoms with van der Waals surface area (Å²) in [6, 6.07) is 0. The Labute approximate surface area is 123 Å². The second kappa shape index (κ2) is 11.2. The second-order valence-corrected chi connectivity index (χ2v) is 4.49. The topological polar surface area (TPSA) is 96.5 Å². The van der Waals surface area contributed by atoms with Crippen molar-refractivity contribution in [1.82, 2.24) is 16.2 Å². The van der Waals surface area contributed by atoms with Crippen molar-refractivity contribution in [2.75, 3.05) is 7.11 Å². The van der Waals surface area contributed by atoms with Crippen LogP contribution in [0.4, 0.5) is 0 Å². The van der Waals surface area contributed by atoms with Crippen LogP contribution >= 0.6 is 12.2 Å². The number of thiocarbonyl (C=S) groups is 1. The molecule has 7 nitrogen and oxygen atoms in total. The van der Waals surface area contributed by atoms with E-state index in [-0.39, 0.29) is 23.9 Å². The third-order valence-electron chi connectivity index (χ3n) is 2.36. The number of ether oxygens (including phenoxy) is 1. The molecule has 0 atom stereocenters. The highest BCUT2D eigenvalue weighted by atomic mass is 32.1. The van der Waals surface area contributed by atoms with Crippen LogP contribution in [-0.4, -0.2) is 30.0 Å². The molecule has 0 aliphatic heterocycles. The molecule has 114 valence electrons. The predicted octanol–water partition coefficient (Wildman–Crippen LogP) is 0.542. The Balaban J connectivity index is 3.74. The van der Waals surface area contributed by atoms with Crippen molar-refractivity contribution < 1.29 is 19.1 Å². The largest absolute Gasteiger partial charge is 0.469 e. The Hall–Kier alpha value is -1.70. The fraction of sp³-hybridized carbons (Fsp3) is 0.667. The monoisotopic (exact) mass is 303 g/mol. The Morgan fingerprint density at radius 1 is 1.00 bits per heavy atom. The smallest absolute Gasteiger partial charge is 0.306 e. The fourth-order valence-corrected chi connectivity index (χ4v) is 1.43. The molecule has 0 bridgehead atoms. The second-order valence-electron chi connectivity index (χ2n) is 4.08. The minimum absolute atomic E-state index is 0.0105. The molecular weight excluding hydrogens is 282 g/mol. The summed E-state index contributed by atoms with van der Waals surface area (Å²) >= 11 is 4.82. The molecule has 0 rings (SSSR count). The molecule has 0 aromatic rings. The van der Waals surface area contributed by atoms with Crippen LogP contribution in [-0.2, 0) is 19.1 Å². The Morgan fingerprint density at radius 3 is 2.30 bits per heavy atom. The van der Waals surface area contributed by atoms with Gasteiger partial charge in [-0.1, -0.05) is 19.8 Å². The Bertz CT molecular complexity index is 361.